The van der Waals surface area contributed by atoms with Crippen molar-refractivity contribution in [1.29, 1.82) is 0 Å². The molecule has 0 spiro atoms. The predicted octanol–water partition coefficient (Wildman–Crippen LogP) is 3.60. The minimum absolute atomic E-state index is 0.462. The molecule has 0 aliphatic rings. The molecule has 108 valence electrons. The van der Waals surface area contributed by atoms with Crippen molar-refractivity contribution >= 4 is 6.29 Å². The second-order valence-electron chi connectivity index (χ2n) is 5.33. The molecule has 0 saturated heterocycles. The van der Waals surface area contributed by atoms with Crippen molar-refractivity contribution < 1.29 is 4.79 Å². The van der Waals surface area contributed by atoms with Crippen LogP contribution in [0.25, 0.3) is 0 Å². The summed E-state index contributed by atoms with van der Waals surface area (Å²) >= 11 is 0. The molecule has 0 aliphatic carbocycles. The Hall–Kier alpha value is -1.09. The number of rotatable bonds is 8. The van der Waals surface area contributed by atoms with Crippen molar-refractivity contribution in [3.05, 3.63) is 23.0 Å². The molecule has 0 fully saturated rings. The van der Waals surface area contributed by atoms with Crippen molar-refractivity contribution in [2.45, 2.75) is 53.5 Å². The van der Waals surface area contributed by atoms with Crippen LogP contribution >= 0.6 is 0 Å². The third-order valence-electron chi connectivity index (χ3n) is 4.08. The van der Waals surface area contributed by atoms with Gasteiger partial charge >= 0.3 is 0 Å². The molecule has 1 rings (SSSR count). The maximum absolute atomic E-state index is 11.0. The number of aryl methyl sites for hydroxylation is 1. The van der Waals surface area contributed by atoms with Crippen molar-refractivity contribution in [3.8, 4) is 0 Å². The summed E-state index contributed by atoms with van der Waals surface area (Å²) in [6, 6.07) is 2.45. The van der Waals surface area contributed by atoms with E-state index in [4.69, 9.17) is 0 Å². The lowest BCUT2D eigenvalue weighted by Gasteiger charge is -2.22. The molecular weight excluding hydrogens is 236 g/mol. The van der Waals surface area contributed by atoms with Gasteiger partial charge in [-0.15, -0.1) is 0 Å². The van der Waals surface area contributed by atoms with E-state index in [1.807, 2.05) is 13.0 Å². The first kappa shape index (κ1) is 16.0. The van der Waals surface area contributed by atoms with Gasteiger partial charge in [0.05, 0.1) is 0 Å². The average molecular weight is 264 g/mol. The highest BCUT2D eigenvalue weighted by Crippen LogP contribution is 2.22. The Labute approximate surface area is 117 Å². The van der Waals surface area contributed by atoms with E-state index in [9.17, 15) is 4.79 Å². The highest BCUT2D eigenvalue weighted by atomic mass is 16.1. The zero-order valence-corrected chi connectivity index (χ0v) is 13.1. The van der Waals surface area contributed by atoms with Gasteiger partial charge < -0.3 is 9.47 Å². The Morgan fingerprint density at radius 2 is 1.95 bits per heavy atom. The summed E-state index contributed by atoms with van der Waals surface area (Å²) in [5.74, 6) is 0. The Bertz CT molecular complexity index is 405. The number of hydrogen-bond donors (Lipinski definition) is 0. The smallest absolute Gasteiger partial charge is 0.151 e. The van der Waals surface area contributed by atoms with Gasteiger partial charge in [0.2, 0.25) is 0 Å². The maximum atomic E-state index is 11.0. The molecule has 0 aromatic carbocycles. The molecule has 0 radical (unpaired) electrons. The third kappa shape index (κ3) is 3.93. The molecule has 0 aliphatic heterocycles. The Balaban J connectivity index is 2.61. The molecule has 0 amide bonds. The normalized spacial score (nSPS) is 12.9. The van der Waals surface area contributed by atoms with Gasteiger partial charge in [-0.25, -0.2) is 0 Å². The molecule has 1 unspecified atom stereocenters. The van der Waals surface area contributed by atoms with Crippen LogP contribution in [0.15, 0.2) is 6.07 Å². The quantitative estimate of drug-likeness (QED) is 0.670. The molecule has 0 saturated carbocycles. The molecule has 3 nitrogen and oxygen atoms in total. The highest BCUT2D eigenvalue weighted by molar-refractivity contribution is 5.77. The van der Waals surface area contributed by atoms with Crippen LogP contribution in [0.1, 0.15) is 61.4 Å². The molecule has 19 heavy (non-hydrogen) atoms. The third-order valence-corrected chi connectivity index (χ3v) is 4.08. The zero-order chi connectivity index (χ0) is 14.4. The standard InChI is InChI=1S/C16H28N2O/c1-6-17(7-2)10-8-9-13(3)18-14(4)11-16(12-19)15(18)5/h11-13H,6-10H2,1-5H3. The van der Waals surface area contributed by atoms with Crippen LogP contribution in [-0.4, -0.2) is 35.4 Å². The van der Waals surface area contributed by atoms with E-state index in [1.165, 1.54) is 12.1 Å². The molecule has 1 atom stereocenters. The van der Waals surface area contributed by atoms with Crippen LogP contribution in [-0.2, 0) is 0 Å². The summed E-state index contributed by atoms with van der Waals surface area (Å²) in [5.41, 5.74) is 3.12. The summed E-state index contributed by atoms with van der Waals surface area (Å²) in [7, 11) is 0. The van der Waals surface area contributed by atoms with Gasteiger partial charge in [0, 0.05) is 23.0 Å². The molecule has 0 N–H and O–H groups in total. The first-order valence-corrected chi connectivity index (χ1v) is 7.41. The van der Waals surface area contributed by atoms with Crippen LogP contribution < -0.4 is 0 Å². The van der Waals surface area contributed by atoms with E-state index in [1.54, 1.807) is 0 Å². The van der Waals surface area contributed by atoms with E-state index >= 15 is 0 Å². The Morgan fingerprint density at radius 3 is 2.42 bits per heavy atom. The van der Waals surface area contributed by atoms with Crippen molar-refractivity contribution in [2.24, 2.45) is 0 Å². The van der Waals surface area contributed by atoms with Crippen LogP contribution in [0.3, 0.4) is 0 Å². The van der Waals surface area contributed by atoms with Gasteiger partial charge in [0.25, 0.3) is 0 Å². The van der Waals surface area contributed by atoms with Crippen LogP contribution in [0.5, 0.6) is 0 Å². The fraction of sp³-hybridized carbons (Fsp3) is 0.688. The van der Waals surface area contributed by atoms with Gasteiger partial charge in [-0.2, -0.15) is 0 Å². The van der Waals surface area contributed by atoms with Gasteiger partial charge in [-0.3, -0.25) is 4.79 Å². The molecule has 1 aromatic rings. The van der Waals surface area contributed by atoms with Gasteiger partial charge in [-0.1, -0.05) is 13.8 Å². The summed E-state index contributed by atoms with van der Waals surface area (Å²) < 4.78 is 2.30. The van der Waals surface area contributed by atoms with E-state index < -0.39 is 0 Å². The topological polar surface area (TPSA) is 25.2 Å². The Kier molecular flexibility index (Phi) is 6.29. The second kappa shape index (κ2) is 7.49. The van der Waals surface area contributed by atoms with Crippen molar-refractivity contribution in [2.75, 3.05) is 19.6 Å². The van der Waals surface area contributed by atoms with Crippen LogP contribution in [0.4, 0.5) is 0 Å². The van der Waals surface area contributed by atoms with Crippen molar-refractivity contribution in [3.63, 3.8) is 0 Å². The van der Waals surface area contributed by atoms with Gasteiger partial charge in [0.1, 0.15) is 0 Å². The monoisotopic (exact) mass is 264 g/mol. The fourth-order valence-electron chi connectivity index (χ4n) is 2.88. The minimum atomic E-state index is 0.462. The van der Waals surface area contributed by atoms with E-state index in [-0.39, 0.29) is 0 Å². The minimum Gasteiger partial charge on any atom is -0.346 e. The summed E-state index contributed by atoms with van der Waals surface area (Å²) in [4.78, 5) is 13.4. The summed E-state index contributed by atoms with van der Waals surface area (Å²) in [5, 5.41) is 0. The molecule has 0 bridgehead atoms. The van der Waals surface area contributed by atoms with Gasteiger partial charge in [-0.05, 0) is 59.3 Å². The number of aldehydes is 1. The average Bonchev–Trinajstić information content (AvgIpc) is 2.69. The lowest BCUT2D eigenvalue weighted by Crippen LogP contribution is -2.24. The van der Waals surface area contributed by atoms with E-state index in [0.717, 1.165) is 43.6 Å². The first-order valence-electron chi connectivity index (χ1n) is 7.41. The molecule has 1 heterocycles. The lowest BCUT2D eigenvalue weighted by atomic mass is 10.1. The molecule has 3 heteroatoms. The number of hydrogen-bond acceptors (Lipinski definition) is 2. The van der Waals surface area contributed by atoms with Crippen LogP contribution in [0.2, 0.25) is 0 Å². The van der Waals surface area contributed by atoms with Gasteiger partial charge in [0.15, 0.2) is 6.29 Å². The van der Waals surface area contributed by atoms with E-state index in [2.05, 4.69) is 37.2 Å². The molecule has 1 aromatic heterocycles. The fourth-order valence-corrected chi connectivity index (χ4v) is 2.88. The Morgan fingerprint density at radius 1 is 1.32 bits per heavy atom. The number of carbonyl (C=O) groups excluding carboxylic acids is 1. The zero-order valence-electron chi connectivity index (χ0n) is 13.1. The number of aromatic nitrogens is 1. The summed E-state index contributed by atoms with van der Waals surface area (Å²) in [6.45, 7) is 14.2. The largest absolute Gasteiger partial charge is 0.346 e. The lowest BCUT2D eigenvalue weighted by molar-refractivity contribution is 0.112. The number of nitrogens with zero attached hydrogens (tertiary/aromatic N) is 2. The SMILES string of the molecule is CCN(CC)CCCC(C)n1c(C)cc(C=O)c1C. The van der Waals surface area contributed by atoms with Crippen molar-refractivity contribution in [1.82, 2.24) is 9.47 Å². The summed E-state index contributed by atoms with van der Waals surface area (Å²) in [6.07, 6.45) is 3.32. The maximum Gasteiger partial charge on any atom is 0.151 e. The predicted molar refractivity (Wildman–Crippen MR) is 81.0 cm³/mol. The second-order valence-corrected chi connectivity index (χ2v) is 5.33. The molecular formula is C16H28N2O. The number of carbonyl (C=O) groups is 1. The highest BCUT2D eigenvalue weighted by Gasteiger charge is 2.13. The van der Waals surface area contributed by atoms with E-state index in [0.29, 0.717) is 6.04 Å². The first-order chi connectivity index (χ1) is 9.04. The van der Waals surface area contributed by atoms with Crippen LogP contribution in [0, 0.1) is 13.8 Å².